The van der Waals surface area contributed by atoms with Gasteiger partial charge >= 0.3 is 0 Å². The number of quaternary nitrogens is 1. The highest BCUT2D eigenvalue weighted by atomic mass is 79.9. The number of fused-ring (bicyclic) bond motifs is 3. The van der Waals surface area contributed by atoms with E-state index < -0.39 is 0 Å². The molecular weight excluding hydrogens is 432 g/mol. The standard InChI is InChI=1S/C19H22Br2N2O/c1-3-22(4-2)11-15(24)12-23-18-7-5-13(20)9-16(18)17-10-14(21)6-8-19(17)23/h5-10,15,24H,3-4,11-12H2,1-2H3/p+1/t15-/m0/s1. The van der Waals surface area contributed by atoms with Gasteiger partial charge in [-0.3, -0.25) is 0 Å². The zero-order chi connectivity index (χ0) is 17.3. The number of benzene rings is 2. The van der Waals surface area contributed by atoms with Crippen LogP contribution in [0.4, 0.5) is 0 Å². The van der Waals surface area contributed by atoms with Gasteiger partial charge in [0.25, 0.3) is 0 Å². The normalized spacial score (nSPS) is 13.2. The molecule has 3 rings (SSSR count). The Morgan fingerprint density at radius 1 is 0.958 bits per heavy atom. The van der Waals surface area contributed by atoms with Crippen molar-refractivity contribution in [2.75, 3.05) is 19.6 Å². The van der Waals surface area contributed by atoms with E-state index in [0.29, 0.717) is 6.54 Å². The van der Waals surface area contributed by atoms with Gasteiger partial charge in [0.15, 0.2) is 0 Å². The van der Waals surface area contributed by atoms with Gasteiger partial charge in [-0.05, 0) is 50.2 Å². The second kappa shape index (κ2) is 7.56. The number of nitrogens with one attached hydrogen (secondary N) is 1. The van der Waals surface area contributed by atoms with Crippen LogP contribution in [-0.2, 0) is 6.54 Å². The predicted octanol–water partition coefficient (Wildman–Crippen LogP) is 3.61. The van der Waals surface area contributed by atoms with Gasteiger partial charge in [-0.25, -0.2) is 0 Å². The first-order chi connectivity index (χ1) is 11.5. The van der Waals surface area contributed by atoms with E-state index in [9.17, 15) is 5.11 Å². The minimum Gasteiger partial charge on any atom is -0.385 e. The summed E-state index contributed by atoms with van der Waals surface area (Å²) in [5.41, 5.74) is 2.33. The van der Waals surface area contributed by atoms with Crippen LogP contribution in [0, 0.1) is 0 Å². The van der Waals surface area contributed by atoms with Crippen LogP contribution in [0.2, 0.25) is 0 Å². The van der Waals surface area contributed by atoms with Gasteiger partial charge in [-0.1, -0.05) is 31.9 Å². The summed E-state index contributed by atoms with van der Waals surface area (Å²) in [4.78, 5) is 1.42. The minimum atomic E-state index is -0.356. The molecule has 1 heterocycles. The van der Waals surface area contributed by atoms with Crippen molar-refractivity contribution in [1.82, 2.24) is 4.57 Å². The number of hydrogen-bond donors (Lipinski definition) is 2. The lowest BCUT2D eigenvalue weighted by molar-refractivity contribution is -0.899. The monoisotopic (exact) mass is 453 g/mol. The number of halogens is 2. The van der Waals surface area contributed by atoms with Crippen molar-refractivity contribution in [1.29, 1.82) is 0 Å². The summed E-state index contributed by atoms with van der Waals surface area (Å²) in [6, 6.07) is 12.7. The topological polar surface area (TPSA) is 29.6 Å². The number of rotatable bonds is 6. The molecule has 0 saturated carbocycles. The van der Waals surface area contributed by atoms with Crippen LogP contribution in [0.3, 0.4) is 0 Å². The van der Waals surface area contributed by atoms with Crippen molar-refractivity contribution in [2.45, 2.75) is 26.5 Å². The third kappa shape index (κ3) is 3.54. The van der Waals surface area contributed by atoms with Crippen LogP contribution < -0.4 is 4.90 Å². The van der Waals surface area contributed by atoms with Crippen LogP contribution in [-0.4, -0.2) is 35.4 Å². The van der Waals surface area contributed by atoms with Crippen LogP contribution in [0.5, 0.6) is 0 Å². The fourth-order valence-corrected chi connectivity index (χ4v) is 4.11. The van der Waals surface area contributed by atoms with Crippen molar-refractivity contribution in [3.63, 3.8) is 0 Å². The number of aliphatic hydroxyl groups is 1. The van der Waals surface area contributed by atoms with Gasteiger partial charge < -0.3 is 14.6 Å². The Hall–Kier alpha value is -0.880. The van der Waals surface area contributed by atoms with Crippen LogP contribution in [0.1, 0.15) is 13.8 Å². The largest absolute Gasteiger partial charge is 0.385 e. The second-order valence-electron chi connectivity index (χ2n) is 6.25. The van der Waals surface area contributed by atoms with Crippen molar-refractivity contribution in [2.24, 2.45) is 0 Å². The Morgan fingerprint density at radius 2 is 1.46 bits per heavy atom. The molecule has 2 aromatic carbocycles. The number of aliphatic hydroxyl groups excluding tert-OH is 1. The molecule has 3 aromatic rings. The smallest absolute Gasteiger partial charge is 0.121 e. The predicted molar refractivity (Wildman–Crippen MR) is 108 cm³/mol. The molecule has 0 spiro atoms. The molecule has 2 N–H and O–H groups in total. The Morgan fingerprint density at radius 3 is 1.92 bits per heavy atom. The first kappa shape index (κ1) is 17.9. The number of likely N-dealkylation sites (N-methyl/N-ethyl adjacent to an activating group) is 1. The highest BCUT2D eigenvalue weighted by molar-refractivity contribution is 9.10. The third-order valence-corrected chi connectivity index (χ3v) is 5.69. The lowest BCUT2D eigenvalue weighted by Gasteiger charge is -2.20. The van der Waals surface area contributed by atoms with Crippen molar-refractivity contribution in [3.8, 4) is 0 Å². The van der Waals surface area contributed by atoms with E-state index in [2.05, 4.69) is 86.7 Å². The van der Waals surface area contributed by atoms with Crippen molar-refractivity contribution < 1.29 is 10.0 Å². The Bertz CT molecular complexity index is 796. The minimum absolute atomic E-state index is 0.356. The van der Waals surface area contributed by atoms with Gasteiger partial charge in [0.2, 0.25) is 0 Å². The molecule has 0 aliphatic rings. The second-order valence-corrected chi connectivity index (χ2v) is 8.08. The zero-order valence-electron chi connectivity index (χ0n) is 14.0. The molecule has 3 nitrogen and oxygen atoms in total. The van der Waals surface area contributed by atoms with E-state index >= 15 is 0 Å². The summed E-state index contributed by atoms with van der Waals surface area (Å²) < 4.78 is 4.39. The molecule has 0 fully saturated rings. The van der Waals surface area contributed by atoms with Crippen molar-refractivity contribution >= 4 is 53.7 Å². The van der Waals surface area contributed by atoms with E-state index in [1.165, 1.54) is 26.7 Å². The summed E-state index contributed by atoms with van der Waals surface area (Å²) >= 11 is 7.15. The van der Waals surface area contributed by atoms with E-state index in [-0.39, 0.29) is 6.10 Å². The molecule has 0 bridgehead atoms. The fraction of sp³-hybridized carbons (Fsp3) is 0.368. The molecular formula is C19H23Br2N2O+. The quantitative estimate of drug-likeness (QED) is 0.585. The number of aromatic nitrogens is 1. The van der Waals surface area contributed by atoms with Crippen LogP contribution in [0.15, 0.2) is 45.3 Å². The molecule has 0 unspecified atom stereocenters. The van der Waals surface area contributed by atoms with Crippen LogP contribution in [0.25, 0.3) is 21.8 Å². The first-order valence-corrected chi connectivity index (χ1v) is 10.0. The Balaban J connectivity index is 2.05. The third-order valence-electron chi connectivity index (χ3n) is 4.71. The van der Waals surface area contributed by atoms with E-state index in [0.717, 1.165) is 28.6 Å². The molecule has 0 aliphatic carbocycles. The molecule has 0 amide bonds. The summed E-state index contributed by atoms with van der Waals surface area (Å²) in [5, 5.41) is 13.0. The Kier molecular flexibility index (Phi) is 5.65. The maximum atomic E-state index is 10.6. The van der Waals surface area contributed by atoms with Gasteiger partial charge in [-0.15, -0.1) is 0 Å². The van der Waals surface area contributed by atoms with E-state index in [1.807, 2.05) is 0 Å². The molecule has 0 saturated heterocycles. The molecule has 0 radical (unpaired) electrons. The lowest BCUT2D eigenvalue weighted by atomic mass is 10.2. The summed E-state index contributed by atoms with van der Waals surface area (Å²) in [7, 11) is 0. The maximum Gasteiger partial charge on any atom is 0.121 e. The highest BCUT2D eigenvalue weighted by Crippen LogP contribution is 2.33. The van der Waals surface area contributed by atoms with E-state index in [1.54, 1.807) is 0 Å². The van der Waals surface area contributed by atoms with Crippen LogP contribution >= 0.6 is 31.9 Å². The number of hydrogen-bond acceptors (Lipinski definition) is 1. The summed E-state index contributed by atoms with van der Waals surface area (Å²) in [6.45, 7) is 7.82. The molecule has 1 atom stereocenters. The SMILES string of the molecule is CC[NH+](CC)C[C@H](O)Cn1c2ccc(Br)cc2c2cc(Br)ccc21. The van der Waals surface area contributed by atoms with Gasteiger partial charge in [-0.2, -0.15) is 0 Å². The Labute approximate surface area is 159 Å². The fourth-order valence-electron chi connectivity index (χ4n) is 3.39. The molecule has 5 heteroatoms. The highest BCUT2D eigenvalue weighted by Gasteiger charge is 2.17. The average Bonchev–Trinajstić information content (AvgIpc) is 2.85. The summed E-state index contributed by atoms with van der Waals surface area (Å²) in [6.07, 6.45) is -0.356. The summed E-state index contributed by atoms with van der Waals surface area (Å²) in [5.74, 6) is 0. The molecule has 1 aromatic heterocycles. The van der Waals surface area contributed by atoms with Crippen molar-refractivity contribution in [3.05, 3.63) is 45.3 Å². The maximum absolute atomic E-state index is 10.6. The number of nitrogens with zero attached hydrogens (tertiary/aromatic N) is 1. The van der Waals surface area contributed by atoms with Gasteiger partial charge in [0.1, 0.15) is 12.6 Å². The average molecular weight is 455 g/mol. The molecule has 0 aliphatic heterocycles. The molecule has 128 valence electrons. The van der Waals surface area contributed by atoms with Gasteiger partial charge in [0, 0.05) is 30.8 Å². The van der Waals surface area contributed by atoms with E-state index in [4.69, 9.17) is 0 Å². The molecule has 24 heavy (non-hydrogen) atoms. The lowest BCUT2D eigenvalue weighted by Crippen LogP contribution is -3.12. The van der Waals surface area contributed by atoms with Gasteiger partial charge in [0.05, 0.1) is 19.6 Å². The first-order valence-electron chi connectivity index (χ1n) is 8.42. The zero-order valence-corrected chi connectivity index (χ0v) is 17.2.